The van der Waals surface area contributed by atoms with Gasteiger partial charge in [-0.25, -0.2) is 4.98 Å². The summed E-state index contributed by atoms with van der Waals surface area (Å²) in [6.07, 6.45) is 2.12. The van der Waals surface area contributed by atoms with Crippen LogP contribution in [0.15, 0.2) is 48.5 Å². The Morgan fingerprint density at radius 2 is 1.86 bits per heavy atom. The number of hydrogen-bond acceptors (Lipinski definition) is 5. The molecular formula is C23H27N3O2S. The normalized spacial score (nSPS) is 15.6. The van der Waals surface area contributed by atoms with E-state index in [4.69, 9.17) is 9.72 Å². The first kappa shape index (κ1) is 20.0. The number of methoxy groups -OCH3 is 1. The van der Waals surface area contributed by atoms with Crippen LogP contribution in [-0.4, -0.2) is 42.5 Å². The second-order valence-electron chi connectivity index (χ2n) is 7.55. The van der Waals surface area contributed by atoms with Crippen LogP contribution in [0.5, 0.6) is 0 Å². The van der Waals surface area contributed by atoms with E-state index in [0.29, 0.717) is 25.6 Å². The van der Waals surface area contributed by atoms with Gasteiger partial charge in [-0.15, -0.1) is 11.3 Å². The van der Waals surface area contributed by atoms with Gasteiger partial charge in [0, 0.05) is 19.6 Å². The van der Waals surface area contributed by atoms with E-state index in [0.717, 1.165) is 42.6 Å². The van der Waals surface area contributed by atoms with Crippen molar-refractivity contribution in [1.82, 2.24) is 15.2 Å². The van der Waals surface area contributed by atoms with E-state index in [2.05, 4.69) is 28.4 Å². The second kappa shape index (κ2) is 9.48. The largest absolute Gasteiger partial charge is 0.380 e. The number of fused-ring (bicyclic) bond motifs is 1. The van der Waals surface area contributed by atoms with E-state index >= 15 is 0 Å². The lowest BCUT2D eigenvalue weighted by atomic mass is 9.97. The number of thiazole rings is 1. The van der Waals surface area contributed by atoms with Crippen LogP contribution in [0, 0.1) is 0 Å². The quantitative estimate of drug-likeness (QED) is 0.642. The topological polar surface area (TPSA) is 54.5 Å². The van der Waals surface area contributed by atoms with Crippen molar-refractivity contribution in [2.45, 2.75) is 31.9 Å². The number of hydrogen-bond donors (Lipinski definition) is 1. The number of aromatic nitrogens is 1. The standard InChI is InChI=1S/C23H27N3O2S/c1-28-16-19-7-3-2-6-18(19)14-24-22(27)15-26-12-10-17(11-13-26)23-25-20-8-4-5-9-21(20)29-23/h2-9,17H,10-16H2,1H3,(H,24,27). The molecule has 0 atom stereocenters. The number of likely N-dealkylation sites (tertiary alicyclic amines) is 1. The molecule has 0 bridgehead atoms. The summed E-state index contributed by atoms with van der Waals surface area (Å²) in [7, 11) is 1.69. The average molecular weight is 410 g/mol. The number of para-hydroxylation sites is 1. The van der Waals surface area contributed by atoms with Crippen molar-refractivity contribution in [3.8, 4) is 0 Å². The maximum atomic E-state index is 12.4. The molecule has 1 fully saturated rings. The van der Waals surface area contributed by atoms with Gasteiger partial charge >= 0.3 is 0 Å². The molecule has 2 aromatic carbocycles. The summed E-state index contributed by atoms with van der Waals surface area (Å²) < 4.78 is 6.50. The van der Waals surface area contributed by atoms with Gasteiger partial charge in [0.25, 0.3) is 0 Å². The van der Waals surface area contributed by atoms with Gasteiger partial charge in [-0.3, -0.25) is 9.69 Å². The highest BCUT2D eigenvalue weighted by molar-refractivity contribution is 7.18. The fraction of sp³-hybridized carbons (Fsp3) is 0.391. The molecule has 4 rings (SSSR count). The lowest BCUT2D eigenvalue weighted by Gasteiger charge is -2.30. The zero-order chi connectivity index (χ0) is 20.1. The number of ether oxygens (including phenoxy) is 1. The summed E-state index contributed by atoms with van der Waals surface area (Å²) >= 11 is 1.81. The molecule has 3 aromatic rings. The van der Waals surface area contributed by atoms with E-state index in [1.807, 2.05) is 41.7 Å². The third kappa shape index (κ3) is 5.01. The fourth-order valence-corrected chi connectivity index (χ4v) is 5.02. The monoisotopic (exact) mass is 409 g/mol. The Hall–Kier alpha value is -2.28. The van der Waals surface area contributed by atoms with Crippen LogP contribution < -0.4 is 5.32 Å². The lowest BCUT2D eigenvalue weighted by molar-refractivity contribution is -0.122. The molecule has 5 nitrogen and oxygen atoms in total. The van der Waals surface area contributed by atoms with Crippen LogP contribution in [-0.2, 0) is 22.7 Å². The molecular weight excluding hydrogens is 382 g/mol. The summed E-state index contributed by atoms with van der Waals surface area (Å²) in [4.78, 5) is 19.5. The third-order valence-electron chi connectivity index (χ3n) is 5.51. The van der Waals surface area contributed by atoms with Crippen LogP contribution in [0.1, 0.15) is 34.9 Å². The van der Waals surface area contributed by atoms with E-state index in [1.54, 1.807) is 7.11 Å². The van der Waals surface area contributed by atoms with Crippen molar-refractivity contribution in [3.63, 3.8) is 0 Å². The molecule has 1 amide bonds. The third-order valence-corrected chi connectivity index (χ3v) is 6.71. The molecule has 1 aliphatic rings. The van der Waals surface area contributed by atoms with Crippen LogP contribution in [0.4, 0.5) is 0 Å². The highest BCUT2D eigenvalue weighted by Gasteiger charge is 2.24. The van der Waals surface area contributed by atoms with Gasteiger partial charge in [0.2, 0.25) is 5.91 Å². The van der Waals surface area contributed by atoms with Crippen LogP contribution in [0.3, 0.4) is 0 Å². The van der Waals surface area contributed by atoms with Crippen LogP contribution >= 0.6 is 11.3 Å². The SMILES string of the molecule is COCc1ccccc1CNC(=O)CN1CCC(c2nc3ccccc3s2)CC1. The van der Waals surface area contributed by atoms with Crippen LogP contribution in [0.2, 0.25) is 0 Å². The summed E-state index contributed by atoms with van der Waals surface area (Å²) in [6, 6.07) is 16.4. The minimum absolute atomic E-state index is 0.0793. The van der Waals surface area contributed by atoms with E-state index < -0.39 is 0 Å². The predicted octanol–water partition coefficient (Wildman–Crippen LogP) is 3.94. The number of carbonyl (C=O) groups is 1. The van der Waals surface area contributed by atoms with Gasteiger partial charge in [-0.05, 0) is 49.2 Å². The molecule has 0 saturated carbocycles. The van der Waals surface area contributed by atoms with E-state index in [9.17, 15) is 4.79 Å². The first-order valence-corrected chi connectivity index (χ1v) is 10.9. The van der Waals surface area contributed by atoms with Crippen molar-refractivity contribution >= 4 is 27.5 Å². The number of benzene rings is 2. The number of piperidine rings is 1. The first-order chi connectivity index (χ1) is 14.2. The minimum Gasteiger partial charge on any atom is -0.380 e. The Morgan fingerprint density at radius 3 is 2.62 bits per heavy atom. The summed E-state index contributed by atoms with van der Waals surface area (Å²) in [6.45, 7) is 3.44. The number of rotatable bonds is 7. The average Bonchev–Trinajstić information content (AvgIpc) is 3.18. The van der Waals surface area contributed by atoms with Gasteiger partial charge in [0.05, 0.1) is 28.4 Å². The smallest absolute Gasteiger partial charge is 0.234 e. The number of nitrogens with one attached hydrogen (secondary N) is 1. The molecule has 1 aliphatic heterocycles. The number of carbonyl (C=O) groups excluding carboxylic acids is 1. The van der Waals surface area contributed by atoms with Crippen molar-refractivity contribution in [2.24, 2.45) is 0 Å². The molecule has 2 heterocycles. The Balaban J connectivity index is 1.25. The molecule has 1 saturated heterocycles. The molecule has 152 valence electrons. The molecule has 0 spiro atoms. The number of nitrogens with zero attached hydrogens (tertiary/aromatic N) is 2. The Labute approximate surface area is 175 Å². The lowest BCUT2D eigenvalue weighted by Crippen LogP contribution is -2.41. The zero-order valence-corrected chi connectivity index (χ0v) is 17.6. The highest BCUT2D eigenvalue weighted by Crippen LogP contribution is 2.33. The maximum absolute atomic E-state index is 12.4. The van der Waals surface area contributed by atoms with Crippen molar-refractivity contribution < 1.29 is 9.53 Å². The Morgan fingerprint density at radius 1 is 1.14 bits per heavy atom. The summed E-state index contributed by atoms with van der Waals surface area (Å²) in [5.41, 5.74) is 3.33. The van der Waals surface area contributed by atoms with E-state index in [-0.39, 0.29) is 5.91 Å². The molecule has 0 radical (unpaired) electrons. The van der Waals surface area contributed by atoms with Gasteiger partial charge in [-0.2, -0.15) is 0 Å². The second-order valence-corrected chi connectivity index (χ2v) is 8.61. The van der Waals surface area contributed by atoms with Gasteiger partial charge in [0.1, 0.15) is 0 Å². The zero-order valence-electron chi connectivity index (χ0n) is 16.8. The van der Waals surface area contributed by atoms with Gasteiger partial charge in [-0.1, -0.05) is 36.4 Å². The first-order valence-electron chi connectivity index (χ1n) is 10.1. The summed E-state index contributed by atoms with van der Waals surface area (Å²) in [5.74, 6) is 0.586. The van der Waals surface area contributed by atoms with Gasteiger partial charge < -0.3 is 10.1 Å². The predicted molar refractivity (Wildman–Crippen MR) is 117 cm³/mol. The molecule has 0 unspecified atom stereocenters. The Kier molecular flexibility index (Phi) is 6.54. The molecule has 1 N–H and O–H groups in total. The van der Waals surface area contributed by atoms with Crippen molar-refractivity contribution in [2.75, 3.05) is 26.7 Å². The minimum atomic E-state index is 0.0793. The van der Waals surface area contributed by atoms with Gasteiger partial charge in [0.15, 0.2) is 0 Å². The van der Waals surface area contributed by atoms with Crippen molar-refractivity contribution in [1.29, 1.82) is 0 Å². The summed E-state index contributed by atoms with van der Waals surface area (Å²) in [5, 5.41) is 4.30. The number of amides is 1. The highest BCUT2D eigenvalue weighted by atomic mass is 32.1. The molecule has 6 heteroatoms. The van der Waals surface area contributed by atoms with E-state index in [1.165, 1.54) is 9.71 Å². The Bertz CT molecular complexity index is 930. The molecule has 1 aromatic heterocycles. The molecule has 0 aliphatic carbocycles. The fourth-order valence-electron chi connectivity index (χ4n) is 3.88. The molecule has 29 heavy (non-hydrogen) atoms. The van der Waals surface area contributed by atoms with Crippen molar-refractivity contribution in [3.05, 3.63) is 64.7 Å². The van der Waals surface area contributed by atoms with Crippen LogP contribution in [0.25, 0.3) is 10.2 Å². The maximum Gasteiger partial charge on any atom is 0.234 e.